The number of benzene rings is 3. The number of hydrogen-bond donors (Lipinski definition) is 2. The summed E-state index contributed by atoms with van der Waals surface area (Å²) in [6.45, 7) is 7.88. The average Bonchev–Trinajstić information content (AvgIpc) is 2.91. The second kappa shape index (κ2) is 12.2. The third-order valence-corrected chi connectivity index (χ3v) is 7.13. The van der Waals surface area contributed by atoms with Crippen LogP contribution in [-0.2, 0) is 0 Å². The SMILES string of the molecule is Cc1cc(I)ccc1Nc1c(C(=O)O)cc(C(=O)N2CCN(c3ccccc3OCC(C)C)CC2)c(F)c1F. The van der Waals surface area contributed by atoms with Gasteiger partial charge in [-0.3, -0.25) is 4.79 Å². The van der Waals surface area contributed by atoms with Crippen LogP contribution in [0.25, 0.3) is 0 Å². The van der Waals surface area contributed by atoms with Gasteiger partial charge in [0.05, 0.1) is 29.1 Å². The number of carboxylic acids is 1. The zero-order valence-electron chi connectivity index (χ0n) is 21.9. The Hall–Kier alpha value is -3.41. The third-order valence-electron chi connectivity index (χ3n) is 6.46. The summed E-state index contributed by atoms with van der Waals surface area (Å²) in [5.74, 6) is -3.92. The van der Waals surface area contributed by atoms with Crippen LogP contribution in [0, 0.1) is 28.0 Å². The first-order chi connectivity index (χ1) is 18.6. The number of carbonyl (C=O) groups is 2. The van der Waals surface area contributed by atoms with Gasteiger partial charge in [-0.2, -0.15) is 0 Å². The normalized spacial score (nSPS) is 13.5. The van der Waals surface area contributed by atoms with Gasteiger partial charge >= 0.3 is 5.97 Å². The molecule has 0 saturated carbocycles. The van der Waals surface area contributed by atoms with Crippen molar-refractivity contribution in [3.8, 4) is 5.75 Å². The number of aryl methyl sites for hydroxylation is 1. The number of piperazine rings is 1. The topological polar surface area (TPSA) is 82.1 Å². The van der Waals surface area contributed by atoms with Crippen molar-refractivity contribution < 1.29 is 28.2 Å². The summed E-state index contributed by atoms with van der Waals surface area (Å²) in [6, 6.07) is 13.8. The Labute approximate surface area is 239 Å². The van der Waals surface area contributed by atoms with Crippen molar-refractivity contribution in [2.75, 3.05) is 43.0 Å². The van der Waals surface area contributed by atoms with Crippen molar-refractivity contribution in [3.05, 3.63) is 80.4 Å². The first-order valence-corrected chi connectivity index (χ1v) is 13.7. The summed E-state index contributed by atoms with van der Waals surface area (Å²) in [5.41, 5.74) is 0.408. The maximum Gasteiger partial charge on any atom is 0.337 e. The average molecular weight is 649 g/mol. The van der Waals surface area contributed by atoms with Crippen LogP contribution in [0.15, 0.2) is 48.5 Å². The van der Waals surface area contributed by atoms with Gasteiger partial charge in [-0.15, -0.1) is 0 Å². The number of hydrogen-bond acceptors (Lipinski definition) is 5. The summed E-state index contributed by atoms with van der Waals surface area (Å²) in [4.78, 5) is 28.8. The first-order valence-electron chi connectivity index (χ1n) is 12.6. The number of carbonyl (C=O) groups excluding carboxylic acids is 1. The highest BCUT2D eigenvalue weighted by Crippen LogP contribution is 2.33. The van der Waals surface area contributed by atoms with Gasteiger partial charge in [0.15, 0.2) is 11.6 Å². The Morgan fingerprint density at radius 3 is 2.36 bits per heavy atom. The Bertz CT molecular complexity index is 1390. The fourth-order valence-corrected chi connectivity index (χ4v) is 5.04. The van der Waals surface area contributed by atoms with E-state index in [0.717, 1.165) is 26.6 Å². The molecule has 2 N–H and O–H groups in total. The second-order valence-corrected chi connectivity index (χ2v) is 11.1. The van der Waals surface area contributed by atoms with Crippen molar-refractivity contribution >= 4 is 51.5 Å². The molecule has 10 heteroatoms. The molecule has 1 saturated heterocycles. The largest absolute Gasteiger partial charge is 0.491 e. The lowest BCUT2D eigenvalue weighted by atomic mass is 10.0. The molecule has 1 amide bonds. The molecule has 0 radical (unpaired) electrons. The van der Waals surface area contributed by atoms with Gasteiger partial charge in [0.2, 0.25) is 0 Å². The number of rotatable bonds is 8. The van der Waals surface area contributed by atoms with Gasteiger partial charge in [0.25, 0.3) is 5.91 Å². The summed E-state index contributed by atoms with van der Waals surface area (Å²) in [6.07, 6.45) is 0. The van der Waals surface area contributed by atoms with Crippen LogP contribution in [0.4, 0.5) is 25.8 Å². The van der Waals surface area contributed by atoms with Crippen molar-refractivity contribution in [1.82, 2.24) is 4.90 Å². The fraction of sp³-hybridized carbons (Fsp3) is 0.310. The molecule has 1 heterocycles. The van der Waals surface area contributed by atoms with E-state index in [4.69, 9.17) is 4.74 Å². The fourth-order valence-electron chi connectivity index (χ4n) is 4.39. The Morgan fingerprint density at radius 1 is 1.03 bits per heavy atom. The molecule has 0 atom stereocenters. The standard InChI is InChI=1S/C29H30F2IN3O4/c1-17(2)16-39-24-7-5-4-6-23(24)34-10-12-35(13-11-34)28(36)20-15-21(29(37)38)27(26(31)25(20)30)33-22-9-8-19(32)14-18(22)3/h4-9,14-15,17,33H,10-13,16H2,1-3H3,(H,37,38). The highest BCUT2D eigenvalue weighted by Gasteiger charge is 2.30. The van der Waals surface area contributed by atoms with Crippen LogP contribution >= 0.6 is 22.6 Å². The molecule has 3 aromatic rings. The third kappa shape index (κ3) is 6.43. The smallest absolute Gasteiger partial charge is 0.337 e. The number of nitrogens with zero attached hydrogens (tertiary/aromatic N) is 2. The van der Waals surface area contributed by atoms with E-state index in [0.29, 0.717) is 31.3 Å². The predicted molar refractivity (Wildman–Crippen MR) is 155 cm³/mol. The molecule has 39 heavy (non-hydrogen) atoms. The zero-order valence-corrected chi connectivity index (χ0v) is 24.1. The number of carboxylic acid groups (broad SMARTS) is 1. The van der Waals surface area contributed by atoms with Crippen LogP contribution in [-0.4, -0.2) is 54.7 Å². The minimum absolute atomic E-state index is 0.253. The van der Waals surface area contributed by atoms with Gasteiger partial charge < -0.3 is 25.0 Å². The number of anilines is 3. The maximum absolute atomic E-state index is 15.3. The monoisotopic (exact) mass is 649 g/mol. The molecule has 4 rings (SSSR count). The highest BCUT2D eigenvalue weighted by atomic mass is 127. The number of aromatic carboxylic acids is 1. The minimum Gasteiger partial charge on any atom is -0.491 e. The van der Waals surface area contributed by atoms with Crippen LogP contribution in [0.5, 0.6) is 5.75 Å². The van der Waals surface area contributed by atoms with Gasteiger partial charge in [-0.1, -0.05) is 26.0 Å². The molecule has 1 aliphatic heterocycles. The van der Waals surface area contributed by atoms with E-state index < -0.39 is 40.3 Å². The number of amides is 1. The lowest BCUT2D eigenvalue weighted by Gasteiger charge is -2.37. The van der Waals surface area contributed by atoms with E-state index in [1.807, 2.05) is 30.3 Å². The Kier molecular flexibility index (Phi) is 8.94. The molecule has 0 unspecified atom stereocenters. The minimum atomic E-state index is -1.48. The molecule has 7 nitrogen and oxygen atoms in total. The Balaban J connectivity index is 1.54. The van der Waals surface area contributed by atoms with Crippen LogP contribution in [0.3, 0.4) is 0 Å². The van der Waals surface area contributed by atoms with Crippen molar-refractivity contribution in [2.24, 2.45) is 5.92 Å². The van der Waals surface area contributed by atoms with Gasteiger partial charge in [0, 0.05) is 35.4 Å². The van der Waals surface area contributed by atoms with Crippen molar-refractivity contribution in [3.63, 3.8) is 0 Å². The van der Waals surface area contributed by atoms with Gasteiger partial charge in [-0.05, 0) is 77.4 Å². The van der Waals surface area contributed by atoms with E-state index in [1.54, 1.807) is 19.1 Å². The van der Waals surface area contributed by atoms with E-state index in [1.165, 1.54) is 4.90 Å². The lowest BCUT2D eigenvalue weighted by molar-refractivity contribution is 0.0697. The number of ether oxygens (including phenoxy) is 1. The molecule has 0 bridgehead atoms. The molecule has 0 spiro atoms. The van der Waals surface area contributed by atoms with Crippen LogP contribution < -0.4 is 15.0 Å². The second-order valence-electron chi connectivity index (χ2n) is 9.82. The van der Waals surface area contributed by atoms with Crippen LogP contribution in [0.1, 0.15) is 40.1 Å². The molecule has 1 fully saturated rings. The van der Waals surface area contributed by atoms with Gasteiger partial charge in [0.1, 0.15) is 5.75 Å². The lowest BCUT2D eigenvalue weighted by Crippen LogP contribution is -2.49. The summed E-state index contributed by atoms with van der Waals surface area (Å²) in [5, 5.41) is 12.5. The summed E-state index contributed by atoms with van der Waals surface area (Å²) in [7, 11) is 0. The highest BCUT2D eigenvalue weighted by molar-refractivity contribution is 14.1. The van der Waals surface area contributed by atoms with E-state index >= 15 is 8.78 Å². The maximum atomic E-state index is 15.3. The summed E-state index contributed by atoms with van der Waals surface area (Å²) < 4.78 is 37.4. The predicted octanol–water partition coefficient (Wildman–Crippen LogP) is 6.32. The zero-order chi connectivity index (χ0) is 28.3. The van der Waals surface area contributed by atoms with Crippen LogP contribution in [0.2, 0.25) is 0 Å². The number of halogens is 3. The van der Waals surface area contributed by atoms with Crippen molar-refractivity contribution in [2.45, 2.75) is 20.8 Å². The molecule has 0 aromatic heterocycles. The molecule has 0 aliphatic carbocycles. The molecular weight excluding hydrogens is 619 g/mol. The quantitative estimate of drug-likeness (QED) is 0.278. The summed E-state index contributed by atoms with van der Waals surface area (Å²) >= 11 is 2.12. The van der Waals surface area contributed by atoms with E-state index in [2.05, 4.69) is 46.7 Å². The van der Waals surface area contributed by atoms with Crippen molar-refractivity contribution in [1.29, 1.82) is 0 Å². The number of para-hydroxylation sites is 2. The molecule has 206 valence electrons. The Morgan fingerprint density at radius 2 is 1.72 bits per heavy atom. The van der Waals surface area contributed by atoms with E-state index in [-0.39, 0.29) is 13.1 Å². The molecule has 3 aromatic carbocycles. The van der Waals surface area contributed by atoms with Gasteiger partial charge in [-0.25, -0.2) is 13.6 Å². The molecule has 1 aliphatic rings. The number of nitrogens with one attached hydrogen (secondary N) is 1. The first kappa shape index (κ1) is 28.6. The van der Waals surface area contributed by atoms with E-state index in [9.17, 15) is 14.7 Å². The molecular formula is C29H30F2IN3O4.